The van der Waals surface area contributed by atoms with Crippen LogP contribution in [-0.2, 0) is 4.79 Å². The van der Waals surface area contributed by atoms with E-state index in [9.17, 15) is 19.7 Å². The van der Waals surface area contributed by atoms with Crippen LogP contribution < -0.4 is 0 Å². The SMILES string of the molecule is CC(C)N(CCC(=O)O)C(=O)c1ccc(Br)c([N+](=O)[O-])c1. The van der Waals surface area contributed by atoms with Crippen molar-refractivity contribution in [3.05, 3.63) is 38.3 Å². The van der Waals surface area contributed by atoms with E-state index in [4.69, 9.17) is 5.11 Å². The Morgan fingerprint density at radius 2 is 2.05 bits per heavy atom. The molecule has 1 rings (SSSR count). The topological polar surface area (TPSA) is 101 Å². The maximum absolute atomic E-state index is 12.4. The van der Waals surface area contributed by atoms with Gasteiger partial charge in [0.2, 0.25) is 0 Å². The fourth-order valence-electron chi connectivity index (χ4n) is 1.76. The van der Waals surface area contributed by atoms with Crippen LogP contribution in [0.1, 0.15) is 30.6 Å². The first-order valence-electron chi connectivity index (χ1n) is 6.20. The van der Waals surface area contributed by atoms with Gasteiger partial charge in [-0.1, -0.05) is 0 Å². The molecule has 0 aliphatic rings. The Labute approximate surface area is 129 Å². The van der Waals surface area contributed by atoms with Crippen molar-refractivity contribution < 1.29 is 19.6 Å². The molecule has 0 atom stereocenters. The number of halogens is 1. The minimum atomic E-state index is -1.00. The summed E-state index contributed by atoms with van der Waals surface area (Å²) in [5.41, 5.74) is -0.0493. The van der Waals surface area contributed by atoms with Gasteiger partial charge < -0.3 is 10.0 Å². The third kappa shape index (κ3) is 4.52. The largest absolute Gasteiger partial charge is 0.481 e. The number of carbonyl (C=O) groups is 2. The van der Waals surface area contributed by atoms with Gasteiger partial charge in [-0.25, -0.2) is 0 Å². The zero-order chi connectivity index (χ0) is 16.2. The number of aliphatic carboxylic acids is 1. The molecule has 0 saturated heterocycles. The summed E-state index contributed by atoms with van der Waals surface area (Å²) in [5.74, 6) is -1.43. The van der Waals surface area contributed by atoms with Gasteiger partial charge in [0.1, 0.15) is 0 Å². The van der Waals surface area contributed by atoms with Crippen LogP contribution >= 0.6 is 15.9 Å². The number of hydrogen-bond donors (Lipinski definition) is 1. The van der Waals surface area contributed by atoms with Crippen molar-refractivity contribution in [2.24, 2.45) is 0 Å². The molecule has 1 amide bonds. The highest BCUT2D eigenvalue weighted by molar-refractivity contribution is 9.10. The van der Waals surface area contributed by atoms with Crippen molar-refractivity contribution in [1.82, 2.24) is 4.90 Å². The Bertz CT molecular complexity index is 574. The van der Waals surface area contributed by atoms with E-state index in [0.717, 1.165) is 0 Å². The van der Waals surface area contributed by atoms with Gasteiger partial charge in [-0.05, 0) is 41.9 Å². The summed E-state index contributed by atoms with van der Waals surface area (Å²) in [7, 11) is 0. The predicted octanol–water partition coefficient (Wildman–Crippen LogP) is 2.68. The van der Waals surface area contributed by atoms with Crippen LogP contribution in [0.2, 0.25) is 0 Å². The van der Waals surface area contributed by atoms with Crippen molar-refractivity contribution in [1.29, 1.82) is 0 Å². The fraction of sp³-hybridized carbons (Fsp3) is 0.385. The van der Waals surface area contributed by atoms with Gasteiger partial charge in [-0.3, -0.25) is 19.7 Å². The second kappa shape index (κ2) is 7.16. The predicted molar refractivity (Wildman–Crippen MR) is 79.2 cm³/mol. The number of nitro groups is 1. The van der Waals surface area contributed by atoms with E-state index < -0.39 is 16.8 Å². The molecule has 0 spiro atoms. The van der Waals surface area contributed by atoms with E-state index in [0.29, 0.717) is 0 Å². The number of hydrogen-bond acceptors (Lipinski definition) is 4. The van der Waals surface area contributed by atoms with E-state index >= 15 is 0 Å². The zero-order valence-electron chi connectivity index (χ0n) is 11.6. The molecule has 0 fully saturated rings. The van der Waals surface area contributed by atoms with E-state index in [2.05, 4.69) is 15.9 Å². The number of benzene rings is 1. The molecular formula is C13H15BrN2O5. The van der Waals surface area contributed by atoms with Gasteiger partial charge >= 0.3 is 5.97 Å². The Morgan fingerprint density at radius 3 is 2.52 bits per heavy atom. The van der Waals surface area contributed by atoms with Crippen LogP contribution in [0.5, 0.6) is 0 Å². The van der Waals surface area contributed by atoms with Gasteiger partial charge in [0.05, 0.1) is 15.8 Å². The van der Waals surface area contributed by atoms with Gasteiger partial charge in [0.15, 0.2) is 0 Å². The lowest BCUT2D eigenvalue weighted by atomic mass is 10.1. The molecule has 0 aromatic heterocycles. The first-order valence-corrected chi connectivity index (χ1v) is 7.00. The number of rotatable bonds is 6. The van der Waals surface area contributed by atoms with Crippen molar-refractivity contribution in [3.63, 3.8) is 0 Å². The molecule has 0 heterocycles. The Morgan fingerprint density at radius 1 is 1.43 bits per heavy atom. The average Bonchev–Trinajstić information content (AvgIpc) is 2.38. The van der Waals surface area contributed by atoms with Crippen LogP contribution in [0.25, 0.3) is 0 Å². The molecule has 21 heavy (non-hydrogen) atoms. The molecular weight excluding hydrogens is 344 g/mol. The maximum Gasteiger partial charge on any atom is 0.305 e. The number of amides is 1. The fourth-order valence-corrected chi connectivity index (χ4v) is 2.15. The second-order valence-electron chi connectivity index (χ2n) is 4.66. The average molecular weight is 359 g/mol. The lowest BCUT2D eigenvalue weighted by molar-refractivity contribution is -0.385. The molecule has 0 aliphatic carbocycles. The van der Waals surface area contributed by atoms with Crippen LogP contribution in [0.3, 0.4) is 0 Å². The maximum atomic E-state index is 12.4. The minimum absolute atomic E-state index is 0.0513. The summed E-state index contributed by atoms with van der Waals surface area (Å²) < 4.78 is 0.283. The van der Waals surface area contributed by atoms with Gasteiger partial charge in [-0.15, -0.1) is 0 Å². The summed E-state index contributed by atoms with van der Waals surface area (Å²) >= 11 is 3.05. The normalized spacial score (nSPS) is 10.5. The van der Waals surface area contributed by atoms with Crippen LogP contribution in [0, 0.1) is 10.1 Å². The highest BCUT2D eigenvalue weighted by Gasteiger charge is 2.22. The van der Waals surface area contributed by atoms with Crippen molar-refractivity contribution in [3.8, 4) is 0 Å². The molecule has 8 heteroatoms. The molecule has 0 aliphatic heterocycles. The van der Waals surface area contributed by atoms with E-state index in [-0.39, 0.29) is 34.7 Å². The molecule has 7 nitrogen and oxygen atoms in total. The van der Waals surface area contributed by atoms with Gasteiger partial charge in [0.25, 0.3) is 11.6 Å². The van der Waals surface area contributed by atoms with Gasteiger partial charge in [-0.2, -0.15) is 0 Å². The van der Waals surface area contributed by atoms with Crippen molar-refractivity contribution >= 4 is 33.5 Å². The van der Waals surface area contributed by atoms with Crippen molar-refractivity contribution in [2.45, 2.75) is 26.3 Å². The zero-order valence-corrected chi connectivity index (χ0v) is 13.2. The quantitative estimate of drug-likeness (QED) is 0.622. The molecule has 1 aromatic rings. The molecule has 1 N–H and O–H groups in total. The lowest BCUT2D eigenvalue weighted by Crippen LogP contribution is -2.38. The van der Waals surface area contributed by atoms with E-state index in [1.54, 1.807) is 13.8 Å². The molecule has 114 valence electrons. The summed E-state index contributed by atoms with van der Waals surface area (Å²) in [6.07, 6.45) is -0.178. The van der Waals surface area contributed by atoms with Crippen LogP contribution in [0.15, 0.2) is 22.7 Å². The first kappa shape index (κ1) is 17.1. The molecule has 0 unspecified atom stereocenters. The van der Waals surface area contributed by atoms with E-state index in [1.165, 1.54) is 23.1 Å². The molecule has 0 saturated carbocycles. The Balaban J connectivity index is 3.06. The van der Waals surface area contributed by atoms with Gasteiger partial charge in [0, 0.05) is 24.2 Å². The second-order valence-corrected chi connectivity index (χ2v) is 5.51. The Hall–Kier alpha value is -1.96. The molecule has 0 radical (unpaired) electrons. The number of nitrogens with zero attached hydrogens (tertiary/aromatic N) is 2. The monoisotopic (exact) mass is 358 g/mol. The third-order valence-electron chi connectivity index (χ3n) is 2.84. The minimum Gasteiger partial charge on any atom is -0.481 e. The van der Waals surface area contributed by atoms with E-state index in [1.807, 2.05) is 0 Å². The molecule has 0 bridgehead atoms. The molecule has 1 aromatic carbocycles. The number of carboxylic acid groups (broad SMARTS) is 1. The summed E-state index contributed by atoms with van der Waals surface area (Å²) in [6, 6.07) is 3.87. The number of nitro benzene ring substituents is 1. The number of carbonyl (C=O) groups excluding carboxylic acids is 1. The first-order chi connectivity index (χ1) is 9.73. The summed E-state index contributed by atoms with van der Waals surface area (Å²) in [6.45, 7) is 3.57. The van der Waals surface area contributed by atoms with Crippen LogP contribution in [-0.4, -0.2) is 39.4 Å². The lowest BCUT2D eigenvalue weighted by Gasteiger charge is -2.26. The van der Waals surface area contributed by atoms with Crippen molar-refractivity contribution in [2.75, 3.05) is 6.54 Å². The summed E-state index contributed by atoms with van der Waals surface area (Å²) in [4.78, 5) is 34.7. The summed E-state index contributed by atoms with van der Waals surface area (Å²) in [5, 5.41) is 19.6. The number of carboxylic acids is 1. The standard InChI is InChI=1S/C13H15BrN2O5/c1-8(2)15(6-5-12(17)18)13(19)9-3-4-10(14)11(7-9)16(20)21/h3-4,7-8H,5-6H2,1-2H3,(H,17,18). The van der Waals surface area contributed by atoms with Crippen LogP contribution in [0.4, 0.5) is 5.69 Å². The smallest absolute Gasteiger partial charge is 0.305 e. The Kier molecular flexibility index (Phi) is 5.83. The highest BCUT2D eigenvalue weighted by Crippen LogP contribution is 2.26. The highest BCUT2D eigenvalue weighted by atomic mass is 79.9. The third-order valence-corrected chi connectivity index (χ3v) is 3.51.